The molecule has 1 N–H and O–H groups in total. The molecule has 1 aliphatic rings. The first-order valence-corrected chi connectivity index (χ1v) is 14.0. The lowest BCUT2D eigenvalue weighted by Gasteiger charge is -2.43. The molecule has 37 heavy (non-hydrogen) atoms. The summed E-state index contributed by atoms with van der Waals surface area (Å²) in [6.45, 7) is 7.79. The zero-order valence-corrected chi connectivity index (χ0v) is 22.8. The molecule has 2 unspecified atom stereocenters. The van der Waals surface area contributed by atoms with Gasteiger partial charge >= 0.3 is 0 Å². The standard InChI is InChI=1S/C27H34N4O5S/c1-17-12-21(35-5)13-18(2)26(17)37(33,34)16-25-30-23(31-36-25)14-24(32)29-22-7-6-20(15-27(22,3)4)19-8-10-28-11-9-19/h8-13,20,22H,6-7,14-16H2,1-5H3,(H,29,32). The number of ether oxygens (including phenoxy) is 1. The monoisotopic (exact) mass is 526 g/mol. The zero-order valence-electron chi connectivity index (χ0n) is 21.9. The Kier molecular flexibility index (Phi) is 7.68. The molecule has 4 rings (SSSR count). The van der Waals surface area contributed by atoms with Crippen LogP contribution in [0.4, 0.5) is 0 Å². The third-order valence-corrected chi connectivity index (χ3v) is 9.05. The predicted molar refractivity (Wildman–Crippen MR) is 138 cm³/mol. The lowest BCUT2D eigenvalue weighted by Crippen LogP contribution is -2.48. The highest BCUT2D eigenvalue weighted by atomic mass is 32.2. The summed E-state index contributed by atoms with van der Waals surface area (Å²) in [5.41, 5.74) is 2.35. The Morgan fingerprint density at radius 2 is 1.84 bits per heavy atom. The SMILES string of the molecule is COc1cc(C)c(S(=O)(=O)Cc2nc(CC(=O)NC3CCC(c4ccncc4)CC3(C)C)no2)c(C)c1. The Hall–Kier alpha value is -3.27. The Morgan fingerprint density at radius 3 is 2.46 bits per heavy atom. The first kappa shape index (κ1) is 26.8. The molecule has 1 aromatic carbocycles. The normalized spacial score (nSPS) is 19.4. The van der Waals surface area contributed by atoms with E-state index in [1.807, 2.05) is 12.4 Å². The Labute approximate surface area is 218 Å². The minimum absolute atomic E-state index is 0.0193. The third-order valence-electron chi connectivity index (χ3n) is 7.16. The topological polar surface area (TPSA) is 124 Å². The lowest BCUT2D eigenvalue weighted by molar-refractivity contribution is -0.122. The molecule has 10 heteroatoms. The van der Waals surface area contributed by atoms with Gasteiger partial charge in [-0.15, -0.1) is 0 Å². The van der Waals surface area contributed by atoms with Crippen molar-refractivity contribution in [2.45, 2.75) is 76.0 Å². The summed E-state index contributed by atoms with van der Waals surface area (Å²) in [5, 5.41) is 6.99. The highest BCUT2D eigenvalue weighted by Gasteiger charge is 2.38. The molecular formula is C27H34N4O5S. The predicted octanol–water partition coefficient (Wildman–Crippen LogP) is 4.09. The van der Waals surface area contributed by atoms with Gasteiger partial charge in [0.25, 0.3) is 0 Å². The van der Waals surface area contributed by atoms with E-state index in [9.17, 15) is 13.2 Å². The van der Waals surface area contributed by atoms with Gasteiger partial charge in [0.1, 0.15) is 11.5 Å². The van der Waals surface area contributed by atoms with E-state index < -0.39 is 15.6 Å². The van der Waals surface area contributed by atoms with Crippen LogP contribution in [0.5, 0.6) is 5.75 Å². The fourth-order valence-electron chi connectivity index (χ4n) is 5.39. The van der Waals surface area contributed by atoms with Crippen LogP contribution in [0.2, 0.25) is 0 Å². The number of hydrogen-bond donors (Lipinski definition) is 1. The third kappa shape index (κ3) is 6.18. The van der Waals surface area contributed by atoms with Gasteiger partial charge in [-0.1, -0.05) is 19.0 Å². The van der Waals surface area contributed by atoms with Crippen LogP contribution >= 0.6 is 0 Å². The van der Waals surface area contributed by atoms with Gasteiger partial charge in [0.15, 0.2) is 15.7 Å². The first-order chi connectivity index (χ1) is 17.5. The van der Waals surface area contributed by atoms with Gasteiger partial charge in [0.2, 0.25) is 11.8 Å². The van der Waals surface area contributed by atoms with Gasteiger partial charge in [-0.25, -0.2) is 8.42 Å². The number of methoxy groups -OCH3 is 1. The number of aromatic nitrogens is 3. The summed E-state index contributed by atoms with van der Waals surface area (Å²) in [7, 11) is -2.20. The van der Waals surface area contributed by atoms with Crippen LogP contribution in [0.15, 0.2) is 46.1 Å². The molecule has 198 valence electrons. The Balaban J connectivity index is 1.37. The number of pyridine rings is 1. The summed E-state index contributed by atoms with van der Waals surface area (Å²) in [4.78, 5) is 21.3. The molecule has 9 nitrogen and oxygen atoms in total. The van der Waals surface area contributed by atoms with Crippen LogP contribution in [-0.2, 0) is 26.8 Å². The molecular weight excluding hydrogens is 492 g/mol. The average Bonchev–Trinajstić information content (AvgIpc) is 3.25. The highest BCUT2D eigenvalue weighted by molar-refractivity contribution is 7.90. The maximum Gasteiger partial charge on any atom is 0.242 e. The second kappa shape index (κ2) is 10.6. The Bertz CT molecular complexity index is 1350. The van der Waals surface area contributed by atoms with E-state index >= 15 is 0 Å². The van der Waals surface area contributed by atoms with Gasteiger partial charge in [-0.05, 0) is 85.4 Å². The van der Waals surface area contributed by atoms with Crippen molar-refractivity contribution in [1.29, 1.82) is 0 Å². The van der Waals surface area contributed by atoms with Crippen LogP contribution in [0.3, 0.4) is 0 Å². The molecule has 0 spiro atoms. The molecule has 1 aliphatic carbocycles. The van der Waals surface area contributed by atoms with E-state index in [1.54, 1.807) is 26.0 Å². The maximum atomic E-state index is 13.1. The van der Waals surface area contributed by atoms with Crippen molar-refractivity contribution in [3.8, 4) is 5.75 Å². The number of carbonyl (C=O) groups excluding carboxylic acids is 1. The van der Waals surface area contributed by atoms with Crippen molar-refractivity contribution >= 4 is 15.7 Å². The number of aryl methyl sites for hydroxylation is 2. The minimum atomic E-state index is -3.74. The molecule has 2 aromatic heterocycles. The van der Waals surface area contributed by atoms with Crippen LogP contribution in [0.25, 0.3) is 0 Å². The van der Waals surface area contributed by atoms with E-state index in [0.717, 1.165) is 19.3 Å². The second-order valence-electron chi connectivity index (χ2n) is 10.5. The largest absolute Gasteiger partial charge is 0.497 e. The van der Waals surface area contributed by atoms with Crippen LogP contribution in [0, 0.1) is 19.3 Å². The fourth-order valence-corrected chi connectivity index (χ4v) is 7.07. The van der Waals surface area contributed by atoms with Gasteiger partial charge < -0.3 is 14.6 Å². The smallest absolute Gasteiger partial charge is 0.242 e. The zero-order chi connectivity index (χ0) is 26.8. The van der Waals surface area contributed by atoms with Crippen molar-refractivity contribution in [1.82, 2.24) is 20.4 Å². The van der Waals surface area contributed by atoms with E-state index in [2.05, 4.69) is 46.4 Å². The van der Waals surface area contributed by atoms with Gasteiger partial charge in [0, 0.05) is 18.4 Å². The van der Waals surface area contributed by atoms with Crippen molar-refractivity contribution in [3.05, 3.63) is 65.1 Å². The fraction of sp³-hybridized carbons (Fsp3) is 0.481. The van der Waals surface area contributed by atoms with Crippen molar-refractivity contribution < 1.29 is 22.5 Å². The van der Waals surface area contributed by atoms with Crippen molar-refractivity contribution in [3.63, 3.8) is 0 Å². The molecule has 3 aromatic rings. The van der Waals surface area contributed by atoms with Gasteiger partial charge in [-0.2, -0.15) is 4.98 Å². The highest BCUT2D eigenvalue weighted by Crippen LogP contribution is 2.43. The summed E-state index contributed by atoms with van der Waals surface area (Å²) < 4.78 is 36.6. The number of benzene rings is 1. The van der Waals surface area contributed by atoms with Crippen LogP contribution in [0.1, 0.15) is 67.4 Å². The number of sulfone groups is 1. The Morgan fingerprint density at radius 1 is 1.16 bits per heavy atom. The van der Waals surface area contributed by atoms with Crippen LogP contribution < -0.4 is 10.1 Å². The lowest BCUT2D eigenvalue weighted by atomic mass is 9.67. The number of carbonyl (C=O) groups is 1. The molecule has 1 fully saturated rings. The number of amides is 1. The van der Waals surface area contributed by atoms with E-state index in [-0.39, 0.29) is 40.4 Å². The number of nitrogens with zero attached hydrogens (tertiary/aromatic N) is 3. The quantitative estimate of drug-likeness (QED) is 0.465. The molecule has 0 radical (unpaired) electrons. The van der Waals surface area contributed by atoms with Gasteiger partial charge in [0.05, 0.1) is 18.4 Å². The number of hydrogen-bond acceptors (Lipinski definition) is 8. The summed E-state index contributed by atoms with van der Waals surface area (Å²) in [6.07, 6.45) is 6.36. The minimum Gasteiger partial charge on any atom is -0.497 e. The van der Waals surface area contributed by atoms with Crippen LogP contribution in [-0.4, -0.2) is 42.6 Å². The van der Waals surface area contributed by atoms with E-state index in [4.69, 9.17) is 9.26 Å². The average molecular weight is 527 g/mol. The van der Waals surface area contributed by atoms with Crippen molar-refractivity contribution in [2.24, 2.45) is 5.41 Å². The van der Waals surface area contributed by atoms with Gasteiger partial charge in [-0.3, -0.25) is 9.78 Å². The summed E-state index contributed by atoms with van der Waals surface area (Å²) in [6, 6.07) is 7.49. The molecule has 2 heterocycles. The summed E-state index contributed by atoms with van der Waals surface area (Å²) in [5.74, 6) is 0.490. The molecule has 0 bridgehead atoms. The summed E-state index contributed by atoms with van der Waals surface area (Å²) >= 11 is 0. The second-order valence-corrected chi connectivity index (χ2v) is 12.4. The van der Waals surface area contributed by atoms with E-state index in [1.165, 1.54) is 12.7 Å². The molecule has 2 atom stereocenters. The molecule has 1 amide bonds. The molecule has 0 aliphatic heterocycles. The first-order valence-electron chi connectivity index (χ1n) is 12.4. The number of nitrogens with one attached hydrogen (secondary N) is 1. The molecule has 1 saturated carbocycles. The van der Waals surface area contributed by atoms with Crippen molar-refractivity contribution in [2.75, 3.05) is 7.11 Å². The van der Waals surface area contributed by atoms with E-state index in [0.29, 0.717) is 22.8 Å². The number of rotatable bonds is 8. The molecule has 0 saturated heterocycles. The maximum absolute atomic E-state index is 13.1.